The molecule has 2 aromatic rings. The van der Waals surface area contributed by atoms with Gasteiger partial charge in [0.05, 0.1) is 39.0 Å². The molecule has 0 spiro atoms. The Morgan fingerprint density at radius 3 is 2.59 bits per heavy atom. The zero-order valence-corrected chi connectivity index (χ0v) is 21.0. The van der Waals surface area contributed by atoms with Gasteiger partial charge in [0, 0.05) is 55.7 Å². The molecular weight excluding hydrogens is 428 g/mol. The first-order chi connectivity index (χ1) is 16.5. The lowest BCUT2D eigenvalue weighted by molar-refractivity contribution is 0.0523. The van der Waals surface area contributed by atoms with E-state index < -0.39 is 0 Å². The van der Waals surface area contributed by atoms with E-state index in [2.05, 4.69) is 65.6 Å². The van der Waals surface area contributed by atoms with Crippen LogP contribution in [0.2, 0.25) is 0 Å². The highest BCUT2D eigenvalue weighted by atomic mass is 16.5. The summed E-state index contributed by atoms with van der Waals surface area (Å²) in [6.45, 7) is 15.8. The minimum absolute atomic E-state index is 0.126. The zero-order valence-electron chi connectivity index (χ0n) is 21.0. The number of nitrogens with two attached hydrogens (primary N) is 2. The number of allylic oxidation sites excluding steroid dienone is 1. The minimum Gasteiger partial charge on any atom is -0.385 e. The van der Waals surface area contributed by atoms with E-state index in [0.29, 0.717) is 46.1 Å². The van der Waals surface area contributed by atoms with E-state index in [0.717, 1.165) is 37.2 Å². The molecule has 0 saturated carbocycles. The van der Waals surface area contributed by atoms with Crippen LogP contribution in [0.15, 0.2) is 54.9 Å². The molecule has 0 aliphatic rings. The quantitative estimate of drug-likeness (QED) is 0.142. The Labute approximate surface area is 204 Å². The molecule has 1 unspecified atom stereocenters. The molecule has 2 rings (SSSR count). The van der Waals surface area contributed by atoms with Gasteiger partial charge >= 0.3 is 0 Å². The van der Waals surface area contributed by atoms with Gasteiger partial charge in [0.2, 0.25) is 0 Å². The molecule has 190 valence electrons. The van der Waals surface area contributed by atoms with Gasteiger partial charge in [-0.25, -0.2) is 5.01 Å². The third kappa shape index (κ3) is 9.48. The molecule has 0 radical (unpaired) electrons. The second kappa shape index (κ2) is 15.5. The van der Waals surface area contributed by atoms with E-state index in [-0.39, 0.29) is 6.04 Å². The normalized spacial score (nSPS) is 12.3. The van der Waals surface area contributed by atoms with Crippen molar-refractivity contribution >= 4 is 10.9 Å². The van der Waals surface area contributed by atoms with Crippen molar-refractivity contribution in [1.29, 1.82) is 0 Å². The van der Waals surface area contributed by atoms with Crippen molar-refractivity contribution in [3.05, 3.63) is 60.6 Å². The highest BCUT2D eigenvalue weighted by molar-refractivity contribution is 5.81. The fourth-order valence-electron chi connectivity index (χ4n) is 3.92. The van der Waals surface area contributed by atoms with Crippen LogP contribution < -0.4 is 22.2 Å². The Kier molecular flexibility index (Phi) is 12.7. The maximum absolute atomic E-state index is 5.94. The smallest absolute Gasteiger partial charge is 0.0701 e. The predicted molar refractivity (Wildman–Crippen MR) is 141 cm³/mol. The van der Waals surface area contributed by atoms with Crippen molar-refractivity contribution < 1.29 is 9.47 Å². The van der Waals surface area contributed by atoms with Gasteiger partial charge in [-0.1, -0.05) is 44.7 Å². The number of fused-ring (bicyclic) bond motifs is 1. The number of nitrogens with one attached hydrogen (secondary N) is 2. The summed E-state index contributed by atoms with van der Waals surface area (Å²) in [5.41, 5.74) is 9.77. The van der Waals surface area contributed by atoms with Crippen LogP contribution in [0.4, 0.5) is 0 Å². The summed E-state index contributed by atoms with van der Waals surface area (Å²) in [6, 6.07) is 10.8. The number of nitrogens with zero attached hydrogens (tertiary/aromatic N) is 2. The third-order valence-corrected chi connectivity index (χ3v) is 5.55. The molecule has 34 heavy (non-hydrogen) atoms. The molecule has 0 aliphatic carbocycles. The Morgan fingerprint density at radius 2 is 1.88 bits per heavy atom. The second-order valence-corrected chi connectivity index (χ2v) is 8.57. The number of aromatic nitrogens is 1. The van der Waals surface area contributed by atoms with Gasteiger partial charge in [-0.15, -0.1) is 0 Å². The van der Waals surface area contributed by atoms with Crippen molar-refractivity contribution in [2.24, 2.45) is 11.6 Å². The largest absolute Gasteiger partial charge is 0.385 e. The standard InChI is InChI=1S/C26H44N6O2/c1-5-8-25(22(3)29-13-16-34-18-17-33-15-12-27)30-21(2)11-14-32-24(20-31(4)28)19-23-9-6-7-10-26(23)32/h6-7,9-10,19,25,29-30H,2-3,5,8,11-18,20,27-28H2,1,4H3. The van der Waals surface area contributed by atoms with Gasteiger partial charge in [-0.2, -0.15) is 0 Å². The molecule has 0 amide bonds. The molecular formula is C26H44N6O2. The molecule has 1 aromatic carbocycles. The molecule has 1 aromatic heterocycles. The van der Waals surface area contributed by atoms with Crippen molar-refractivity contribution in [1.82, 2.24) is 20.2 Å². The maximum Gasteiger partial charge on any atom is 0.0701 e. The number of ether oxygens (including phenoxy) is 2. The van der Waals surface area contributed by atoms with E-state index in [1.807, 2.05) is 7.05 Å². The van der Waals surface area contributed by atoms with Crippen molar-refractivity contribution in [3.8, 4) is 0 Å². The average Bonchev–Trinajstić information content (AvgIpc) is 3.15. The zero-order chi connectivity index (χ0) is 24.8. The molecule has 8 heteroatoms. The van der Waals surface area contributed by atoms with Gasteiger partial charge in [0.15, 0.2) is 0 Å². The third-order valence-electron chi connectivity index (χ3n) is 5.55. The molecule has 6 N–H and O–H groups in total. The Balaban J connectivity index is 1.84. The van der Waals surface area contributed by atoms with E-state index in [1.54, 1.807) is 5.01 Å². The van der Waals surface area contributed by atoms with Crippen LogP contribution in [-0.2, 0) is 22.6 Å². The SMILES string of the molecule is C=C(CCn1c(CN(C)N)cc2ccccc21)NC(CCC)C(=C)NCCOCCOCCN. The molecule has 1 atom stereocenters. The van der Waals surface area contributed by atoms with Gasteiger partial charge in [-0.3, -0.25) is 5.84 Å². The van der Waals surface area contributed by atoms with E-state index >= 15 is 0 Å². The van der Waals surface area contributed by atoms with E-state index in [4.69, 9.17) is 21.1 Å². The Bertz CT molecular complexity index is 879. The Morgan fingerprint density at radius 1 is 1.15 bits per heavy atom. The molecule has 0 saturated heterocycles. The predicted octanol–water partition coefficient (Wildman–Crippen LogP) is 2.70. The second-order valence-electron chi connectivity index (χ2n) is 8.57. The van der Waals surface area contributed by atoms with Gasteiger partial charge in [-0.05, 0) is 23.9 Å². The number of hydrogen-bond donors (Lipinski definition) is 4. The van der Waals surface area contributed by atoms with Gasteiger partial charge < -0.3 is 30.4 Å². The molecule has 8 nitrogen and oxygen atoms in total. The molecule has 1 heterocycles. The average molecular weight is 473 g/mol. The first kappa shape index (κ1) is 27.9. The topological polar surface area (TPSA) is 103 Å². The summed E-state index contributed by atoms with van der Waals surface area (Å²) in [4.78, 5) is 0. The van der Waals surface area contributed by atoms with Crippen LogP contribution >= 0.6 is 0 Å². The highest BCUT2D eigenvalue weighted by Crippen LogP contribution is 2.21. The van der Waals surface area contributed by atoms with E-state index in [9.17, 15) is 0 Å². The number of hydrogen-bond acceptors (Lipinski definition) is 7. The number of aryl methyl sites for hydroxylation is 1. The lowest BCUT2D eigenvalue weighted by Crippen LogP contribution is -2.36. The summed E-state index contributed by atoms with van der Waals surface area (Å²) < 4.78 is 13.2. The summed E-state index contributed by atoms with van der Waals surface area (Å²) in [5, 5.41) is 9.92. The molecule has 0 aliphatic heterocycles. The van der Waals surface area contributed by atoms with Crippen LogP contribution in [0.3, 0.4) is 0 Å². The van der Waals surface area contributed by atoms with Crippen LogP contribution in [0.1, 0.15) is 31.9 Å². The summed E-state index contributed by atoms with van der Waals surface area (Å²) in [6.07, 6.45) is 2.85. The van der Waals surface area contributed by atoms with Crippen LogP contribution in [0, 0.1) is 0 Å². The maximum atomic E-state index is 5.94. The molecule has 0 bridgehead atoms. The number of hydrazine groups is 1. The van der Waals surface area contributed by atoms with Crippen molar-refractivity contribution in [3.63, 3.8) is 0 Å². The van der Waals surface area contributed by atoms with E-state index in [1.165, 1.54) is 16.6 Å². The fraction of sp³-hybridized carbons (Fsp3) is 0.538. The van der Waals surface area contributed by atoms with Gasteiger partial charge in [0.25, 0.3) is 0 Å². The van der Waals surface area contributed by atoms with Crippen LogP contribution in [-0.4, -0.2) is 62.2 Å². The lowest BCUT2D eigenvalue weighted by atomic mass is 10.1. The van der Waals surface area contributed by atoms with Crippen molar-refractivity contribution in [2.45, 2.75) is 45.3 Å². The number of benzene rings is 1. The van der Waals surface area contributed by atoms with Crippen molar-refractivity contribution in [2.75, 3.05) is 46.6 Å². The minimum atomic E-state index is 0.126. The van der Waals surface area contributed by atoms with Gasteiger partial charge in [0.1, 0.15) is 0 Å². The summed E-state index contributed by atoms with van der Waals surface area (Å²) in [5.74, 6) is 5.94. The first-order valence-electron chi connectivity index (χ1n) is 12.2. The summed E-state index contributed by atoms with van der Waals surface area (Å²) in [7, 11) is 1.89. The summed E-state index contributed by atoms with van der Waals surface area (Å²) >= 11 is 0. The Hall–Kier alpha value is -2.36. The lowest BCUT2D eigenvalue weighted by Gasteiger charge is -2.24. The monoisotopic (exact) mass is 472 g/mol. The first-order valence-corrected chi connectivity index (χ1v) is 12.2. The fourth-order valence-corrected chi connectivity index (χ4v) is 3.92. The number of rotatable bonds is 19. The van der Waals surface area contributed by atoms with Crippen LogP contribution in [0.25, 0.3) is 10.9 Å². The van der Waals surface area contributed by atoms with Crippen LogP contribution in [0.5, 0.6) is 0 Å². The highest BCUT2D eigenvalue weighted by Gasteiger charge is 2.14. The number of para-hydroxylation sites is 1. The molecule has 0 fully saturated rings.